The van der Waals surface area contributed by atoms with E-state index < -0.39 is 0 Å². The number of benzene rings is 1. The second kappa shape index (κ2) is 7.47. The third-order valence-corrected chi connectivity index (χ3v) is 4.79. The molecule has 25 heavy (non-hydrogen) atoms. The summed E-state index contributed by atoms with van der Waals surface area (Å²) in [6, 6.07) is 9.43. The quantitative estimate of drug-likeness (QED) is 0.937. The first-order chi connectivity index (χ1) is 12.0. The molecule has 5 heteroatoms. The van der Waals surface area contributed by atoms with Gasteiger partial charge in [0.2, 0.25) is 0 Å². The maximum absolute atomic E-state index is 12.6. The highest BCUT2D eigenvalue weighted by Crippen LogP contribution is 2.17. The Hall–Kier alpha value is -2.69. The molecule has 1 N–H and O–H groups in total. The average molecular weight is 337 g/mol. The highest BCUT2D eigenvalue weighted by Gasteiger charge is 2.25. The number of nitrogens with zero attached hydrogens (tertiary/aromatic N) is 2. The summed E-state index contributed by atoms with van der Waals surface area (Å²) in [4.78, 5) is 30.7. The number of pyridine rings is 1. The maximum atomic E-state index is 12.6. The van der Waals surface area contributed by atoms with E-state index in [0.717, 1.165) is 24.0 Å². The van der Waals surface area contributed by atoms with Gasteiger partial charge in [0, 0.05) is 37.1 Å². The van der Waals surface area contributed by atoms with Crippen molar-refractivity contribution in [2.24, 2.45) is 0 Å². The summed E-state index contributed by atoms with van der Waals surface area (Å²) in [5.41, 5.74) is 3.62. The monoisotopic (exact) mass is 337 g/mol. The Morgan fingerprint density at radius 3 is 2.48 bits per heavy atom. The molecule has 0 unspecified atom stereocenters. The van der Waals surface area contributed by atoms with Crippen molar-refractivity contribution >= 4 is 11.8 Å². The van der Waals surface area contributed by atoms with E-state index >= 15 is 0 Å². The van der Waals surface area contributed by atoms with Gasteiger partial charge in [-0.1, -0.05) is 6.07 Å². The van der Waals surface area contributed by atoms with E-state index in [9.17, 15) is 9.59 Å². The summed E-state index contributed by atoms with van der Waals surface area (Å²) in [5, 5.41) is 3.03. The largest absolute Gasteiger partial charge is 0.349 e. The molecular formula is C20H23N3O2. The number of nitrogens with one attached hydrogen (secondary N) is 1. The standard InChI is InChI=1S/C20H23N3O2/c1-14-5-6-16(12-15(14)2)20(25)23-10-7-18(8-11-23)22-19(24)17-4-3-9-21-13-17/h3-6,9,12-13,18H,7-8,10-11H2,1-2H3,(H,22,24). The zero-order valence-electron chi connectivity index (χ0n) is 14.7. The lowest BCUT2D eigenvalue weighted by molar-refractivity contribution is 0.0698. The van der Waals surface area contributed by atoms with E-state index in [2.05, 4.69) is 10.3 Å². The molecule has 1 aromatic carbocycles. The van der Waals surface area contributed by atoms with Crippen LogP contribution in [0.5, 0.6) is 0 Å². The van der Waals surface area contributed by atoms with Gasteiger partial charge in [0.05, 0.1) is 5.56 Å². The summed E-state index contributed by atoms with van der Waals surface area (Å²) < 4.78 is 0. The minimum atomic E-state index is -0.105. The fourth-order valence-corrected chi connectivity index (χ4v) is 3.05. The predicted octanol–water partition coefficient (Wildman–Crippen LogP) is 2.73. The highest BCUT2D eigenvalue weighted by molar-refractivity contribution is 5.95. The van der Waals surface area contributed by atoms with Gasteiger partial charge in [-0.3, -0.25) is 14.6 Å². The number of likely N-dealkylation sites (tertiary alicyclic amines) is 1. The van der Waals surface area contributed by atoms with Gasteiger partial charge in [-0.05, 0) is 62.1 Å². The number of carbonyl (C=O) groups excluding carboxylic acids is 2. The molecule has 2 aromatic rings. The van der Waals surface area contributed by atoms with Crippen LogP contribution in [0, 0.1) is 13.8 Å². The molecule has 1 saturated heterocycles. The van der Waals surface area contributed by atoms with E-state index in [1.54, 1.807) is 24.5 Å². The third-order valence-electron chi connectivity index (χ3n) is 4.79. The molecule has 0 saturated carbocycles. The topological polar surface area (TPSA) is 62.3 Å². The molecule has 2 amide bonds. The first-order valence-corrected chi connectivity index (χ1v) is 8.62. The lowest BCUT2D eigenvalue weighted by atomic mass is 10.0. The molecule has 0 bridgehead atoms. The van der Waals surface area contributed by atoms with E-state index in [1.807, 2.05) is 36.9 Å². The van der Waals surface area contributed by atoms with E-state index in [-0.39, 0.29) is 17.9 Å². The Morgan fingerprint density at radius 1 is 1.08 bits per heavy atom. The Kier molecular flexibility index (Phi) is 5.12. The van der Waals surface area contributed by atoms with Crippen LogP contribution in [-0.2, 0) is 0 Å². The normalized spacial score (nSPS) is 15.0. The van der Waals surface area contributed by atoms with Crippen molar-refractivity contribution in [2.45, 2.75) is 32.7 Å². The Labute approximate surface area is 148 Å². The van der Waals surface area contributed by atoms with Gasteiger partial charge in [0.25, 0.3) is 11.8 Å². The number of aromatic nitrogens is 1. The number of rotatable bonds is 3. The van der Waals surface area contributed by atoms with Gasteiger partial charge >= 0.3 is 0 Å². The highest BCUT2D eigenvalue weighted by atomic mass is 16.2. The number of amides is 2. The summed E-state index contributed by atoms with van der Waals surface area (Å²) >= 11 is 0. The van der Waals surface area contributed by atoms with Gasteiger partial charge in [-0.25, -0.2) is 0 Å². The van der Waals surface area contributed by atoms with Gasteiger partial charge in [0.1, 0.15) is 0 Å². The fourth-order valence-electron chi connectivity index (χ4n) is 3.05. The Balaban J connectivity index is 1.55. The number of hydrogen-bond donors (Lipinski definition) is 1. The van der Waals surface area contributed by atoms with Crippen molar-refractivity contribution in [3.63, 3.8) is 0 Å². The SMILES string of the molecule is Cc1ccc(C(=O)N2CCC(NC(=O)c3cccnc3)CC2)cc1C. The van der Waals surface area contributed by atoms with Crippen LogP contribution < -0.4 is 5.32 Å². The van der Waals surface area contributed by atoms with Crippen molar-refractivity contribution in [3.8, 4) is 0 Å². The molecule has 2 heterocycles. The summed E-state index contributed by atoms with van der Waals surface area (Å²) in [7, 11) is 0. The zero-order valence-corrected chi connectivity index (χ0v) is 14.7. The first-order valence-electron chi connectivity index (χ1n) is 8.62. The molecular weight excluding hydrogens is 314 g/mol. The van der Waals surface area contributed by atoms with Crippen molar-refractivity contribution in [3.05, 3.63) is 65.0 Å². The van der Waals surface area contributed by atoms with Crippen LogP contribution in [0.2, 0.25) is 0 Å². The van der Waals surface area contributed by atoms with E-state index in [1.165, 1.54) is 5.56 Å². The van der Waals surface area contributed by atoms with Crippen LogP contribution in [0.4, 0.5) is 0 Å². The zero-order chi connectivity index (χ0) is 17.8. The maximum Gasteiger partial charge on any atom is 0.253 e. The second-order valence-electron chi connectivity index (χ2n) is 6.58. The van der Waals surface area contributed by atoms with Crippen LogP contribution in [0.25, 0.3) is 0 Å². The van der Waals surface area contributed by atoms with Crippen LogP contribution in [0.1, 0.15) is 44.7 Å². The minimum Gasteiger partial charge on any atom is -0.349 e. The smallest absolute Gasteiger partial charge is 0.253 e. The summed E-state index contributed by atoms with van der Waals surface area (Å²) in [5.74, 6) is -0.0350. The van der Waals surface area contributed by atoms with Gasteiger partial charge in [0.15, 0.2) is 0 Å². The van der Waals surface area contributed by atoms with Gasteiger partial charge < -0.3 is 10.2 Å². The van der Waals surface area contributed by atoms with E-state index in [4.69, 9.17) is 0 Å². The summed E-state index contributed by atoms with van der Waals surface area (Å²) in [6.45, 7) is 5.37. The molecule has 1 aliphatic rings. The molecule has 0 aliphatic carbocycles. The minimum absolute atomic E-state index is 0.0696. The molecule has 0 atom stereocenters. The lowest BCUT2D eigenvalue weighted by Crippen LogP contribution is -2.46. The second-order valence-corrected chi connectivity index (χ2v) is 6.58. The predicted molar refractivity (Wildman–Crippen MR) is 96.5 cm³/mol. The number of hydrogen-bond acceptors (Lipinski definition) is 3. The number of aryl methyl sites for hydroxylation is 2. The fraction of sp³-hybridized carbons (Fsp3) is 0.350. The molecule has 130 valence electrons. The van der Waals surface area contributed by atoms with Gasteiger partial charge in [-0.2, -0.15) is 0 Å². The van der Waals surface area contributed by atoms with Crippen LogP contribution in [-0.4, -0.2) is 40.8 Å². The van der Waals surface area contributed by atoms with Crippen molar-refractivity contribution in [1.29, 1.82) is 0 Å². The van der Waals surface area contributed by atoms with Gasteiger partial charge in [-0.15, -0.1) is 0 Å². The van der Waals surface area contributed by atoms with Crippen molar-refractivity contribution in [1.82, 2.24) is 15.2 Å². The Bertz CT molecular complexity index is 766. The van der Waals surface area contributed by atoms with E-state index in [0.29, 0.717) is 18.7 Å². The van der Waals surface area contributed by atoms with Crippen LogP contribution in [0.3, 0.4) is 0 Å². The molecule has 1 aliphatic heterocycles. The molecule has 1 fully saturated rings. The number of carbonyl (C=O) groups is 2. The van der Waals surface area contributed by atoms with Crippen molar-refractivity contribution in [2.75, 3.05) is 13.1 Å². The average Bonchev–Trinajstić information content (AvgIpc) is 2.65. The lowest BCUT2D eigenvalue weighted by Gasteiger charge is -2.32. The molecule has 0 spiro atoms. The van der Waals surface area contributed by atoms with Crippen molar-refractivity contribution < 1.29 is 9.59 Å². The molecule has 5 nitrogen and oxygen atoms in total. The van der Waals surface area contributed by atoms with Crippen LogP contribution >= 0.6 is 0 Å². The summed E-state index contributed by atoms with van der Waals surface area (Å²) in [6.07, 6.45) is 4.74. The molecule has 1 aromatic heterocycles. The molecule has 3 rings (SSSR count). The molecule has 0 radical (unpaired) electrons. The third kappa shape index (κ3) is 4.05. The van der Waals surface area contributed by atoms with Crippen LogP contribution in [0.15, 0.2) is 42.7 Å². The number of piperidine rings is 1. The first kappa shape index (κ1) is 17.1. The Morgan fingerprint density at radius 2 is 1.84 bits per heavy atom.